The normalized spacial score (nSPS) is 10.7. The highest BCUT2D eigenvalue weighted by Crippen LogP contribution is 2.13. The number of nitrogens with two attached hydrogens (primary N) is 1. The Balaban J connectivity index is 2.27. The quantitative estimate of drug-likeness (QED) is 0.528. The second-order valence-electron chi connectivity index (χ2n) is 2.99. The Hall–Kier alpha value is -0.780. The third kappa shape index (κ3) is 2.37. The van der Waals surface area contributed by atoms with Crippen LogP contribution in [0, 0.1) is 11.4 Å². The summed E-state index contributed by atoms with van der Waals surface area (Å²) in [5.74, 6) is 0. The van der Waals surface area contributed by atoms with Gasteiger partial charge in [-0.3, -0.25) is 4.79 Å². The molecule has 0 aliphatic carbocycles. The van der Waals surface area contributed by atoms with Crippen LogP contribution in [0.3, 0.4) is 0 Å². The Morgan fingerprint density at radius 1 is 1.50 bits per heavy atom. The lowest BCUT2D eigenvalue weighted by atomic mass is 10.1. The molecule has 0 heterocycles. The fraction of sp³-hybridized carbons (Fsp3) is 0.556. The first-order valence-electron chi connectivity index (χ1n) is 4.50. The summed E-state index contributed by atoms with van der Waals surface area (Å²) in [4.78, 5) is 11.2. The highest BCUT2D eigenvalue weighted by Gasteiger charge is 2.11. The van der Waals surface area contributed by atoms with E-state index in [1.165, 1.54) is 0 Å². The van der Waals surface area contributed by atoms with Crippen molar-refractivity contribution < 1.29 is 4.74 Å². The lowest BCUT2D eigenvalue weighted by Gasteiger charge is -2.11. The van der Waals surface area contributed by atoms with E-state index in [0.717, 1.165) is 5.56 Å². The van der Waals surface area contributed by atoms with Crippen LogP contribution in [0.2, 0.25) is 0 Å². The van der Waals surface area contributed by atoms with Crippen LogP contribution < -0.4 is 16.5 Å². The van der Waals surface area contributed by atoms with Crippen LogP contribution in [-0.2, 0) is 4.74 Å². The maximum atomic E-state index is 11.2. The van der Waals surface area contributed by atoms with E-state index in [1.807, 2.05) is 6.92 Å². The van der Waals surface area contributed by atoms with Gasteiger partial charge in [0.05, 0.1) is 23.4 Å². The molecule has 1 aromatic carbocycles. The van der Waals surface area contributed by atoms with Gasteiger partial charge in [-0.1, -0.05) is 12.2 Å². The van der Waals surface area contributed by atoms with Crippen molar-refractivity contribution in [2.45, 2.75) is 6.92 Å². The molecule has 0 bridgehead atoms. The maximum Gasteiger partial charge on any atom is 0.220 e. The fourth-order valence-electron chi connectivity index (χ4n) is 1.15. The summed E-state index contributed by atoms with van der Waals surface area (Å²) in [6.07, 6.45) is 0. The van der Waals surface area contributed by atoms with Gasteiger partial charge >= 0.3 is 0 Å². The van der Waals surface area contributed by atoms with E-state index in [9.17, 15) is 4.79 Å². The largest absolute Gasteiger partial charge is 0.379 e. The minimum Gasteiger partial charge on any atom is -0.379 e. The SMILES string of the molecule is Cc1c(NCCOCCN)c(=O)c1=S. The second-order valence-corrected chi connectivity index (χ2v) is 3.39. The third-order valence-corrected chi connectivity index (χ3v) is 2.45. The minimum atomic E-state index is -0.0590. The van der Waals surface area contributed by atoms with Gasteiger partial charge in [0.25, 0.3) is 0 Å². The topological polar surface area (TPSA) is 64.3 Å². The lowest BCUT2D eigenvalue weighted by molar-refractivity contribution is 0.151. The zero-order valence-electron chi connectivity index (χ0n) is 8.13. The standard InChI is InChI=1S/C9H14N2O2S/c1-6-7(8(12)9(6)14)11-3-5-13-4-2-10/h11H,2-5,10H2,1H3. The molecule has 4 nitrogen and oxygen atoms in total. The van der Waals surface area contributed by atoms with Gasteiger partial charge in [-0.25, -0.2) is 0 Å². The molecule has 0 unspecified atom stereocenters. The number of rotatable bonds is 6. The highest BCUT2D eigenvalue weighted by molar-refractivity contribution is 7.71. The zero-order valence-corrected chi connectivity index (χ0v) is 8.95. The van der Waals surface area contributed by atoms with E-state index < -0.39 is 0 Å². The Morgan fingerprint density at radius 2 is 2.21 bits per heavy atom. The van der Waals surface area contributed by atoms with Crippen molar-refractivity contribution in [3.05, 3.63) is 20.3 Å². The molecule has 0 aliphatic heterocycles. The molecule has 0 aromatic heterocycles. The van der Waals surface area contributed by atoms with Crippen LogP contribution in [-0.4, -0.2) is 26.3 Å². The van der Waals surface area contributed by atoms with Gasteiger partial charge in [0.1, 0.15) is 0 Å². The average molecular weight is 214 g/mol. The van der Waals surface area contributed by atoms with E-state index in [4.69, 9.17) is 22.7 Å². The van der Waals surface area contributed by atoms with Gasteiger partial charge < -0.3 is 15.8 Å². The number of anilines is 1. The smallest absolute Gasteiger partial charge is 0.220 e. The molecule has 0 atom stereocenters. The molecule has 0 amide bonds. The van der Waals surface area contributed by atoms with Gasteiger partial charge in [0.15, 0.2) is 0 Å². The zero-order chi connectivity index (χ0) is 10.6. The molecular formula is C9H14N2O2S. The van der Waals surface area contributed by atoms with Crippen molar-refractivity contribution in [2.24, 2.45) is 5.73 Å². The molecule has 0 saturated heterocycles. The summed E-state index contributed by atoms with van der Waals surface area (Å²) in [6, 6.07) is 0. The van der Waals surface area contributed by atoms with Gasteiger partial charge in [-0.15, -0.1) is 0 Å². The van der Waals surface area contributed by atoms with Crippen LogP contribution >= 0.6 is 12.2 Å². The second kappa shape index (κ2) is 5.19. The number of nitrogens with one attached hydrogen (secondary N) is 1. The predicted octanol–water partition coefficient (Wildman–Crippen LogP) is 0.348. The molecule has 14 heavy (non-hydrogen) atoms. The van der Waals surface area contributed by atoms with Crippen LogP contribution in [0.25, 0.3) is 0 Å². The van der Waals surface area contributed by atoms with Gasteiger partial charge in [-0.2, -0.15) is 0 Å². The molecule has 1 aromatic rings. The third-order valence-electron chi connectivity index (χ3n) is 1.96. The molecule has 3 N–H and O–H groups in total. The van der Waals surface area contributed by atoms with Crippen LogP contribution in [0.15, 0.2) is 4.79 Å². The van der Waals surface area contributed by atoms with Crippen molar-refractivity contribution in [3.8, 4) is 0 Å². The Morgan fingerprint density at radius 3 is 2.79 bits per heavy atom. The predicted molar refractivity (Wildman–Crippen MR) is 59.0 cm³/mol. The molecule has 5 heteroatoms. The Kier molecular flexibility index (Phi) is 4.19. The molecule has 78 valence electrons. The molecule has 0 radical (unpaired) electrons. The summed E-state index contributed by atoms with van der Waals surface area (Å²) in [6.45, 7) is 4.07. The van der Waals surface area contributed by atoms with Crippen LogP contribution in [0.1, 0.15) is 5.56 Å². The summed E-state index contributed by atoms with van der Waals surface area (Å²) < 4.78 is 5.59. The van der Waals surface area contributed by atoms with Crippen molar-refractivity contribution >= 4 is 17.9 Å². The van der Waals surface area contributed by atoms with Crippen molar-refractivity contribution in [1.29, 1.82) is 0 Å². The van der Waals surface area contributed by atoms with E-state index in [0.29, 0.717) is 36.5 Å². The first-order valence-corrected chi connectivity index (χ1v) is 4.91. The van der Waals surface area contributed by atoms with E-state index in [1.54, 1.807) is 0 Å². The number of hydrogen-bond donors (Lipinski definition) is 2. The van der Waals surface area contributed by atoms with E-state index in [2.05, 4.69) is 5.32 Å². The molecule has 0 spiro atoms. The summed E-state index contributed by atoms with van der Waals surface area (Å²) >= 11 is 4.83. The molecular weight excluding hydrogens is 200 g/mol. The Bertz CT molecular complexity index is 369. The summed E-state index contributed by atoms with van der Waals surface area (Å²) in [7, 11) is 0. The summed E-state index contributed by atoms with van der Waals surface area (Å²) in [5, 5.41) is 2.98. The molecule has 0 fully saturated rings. The lowest BCUT2D eigenvalue weighted by Crippen LogP contribution is -2.22. The fourth-order valence-corrected chi connectivity index (χ4v) is 1.36. The van der Waals surface area contributed by atoms with E-state index in [-0.39, 0.29) is 5.43 Å². The molecule has 0 saturated carbocycles. The summed E-state index contributed by atoms with van der Waals surface area (Å²) in [5.41, 5.74) is 6.69. The minimum absolute atomic E-state index is 0.0590. The monoisotopic (exact) mass is 214 g/mol. The van der Waals surface area contributed by atoms with Crippen molar-refractivity contribution in [2.75, 3.05) is 31.6 Å². The van der Waals surface area contributed by atoms with Gasteiger partial charge in [-0.05, 0) is 12.5 Å². The van der Waals surface area contributed by atoms with Gasteiger partial charge in [0.2, 0.25) is 5.43 Å². The molecule has 1 rings (SSSR count). The first-order chi connectivity index (χ1) is 6.68. The number of ether oxygens (including phenoxy) is 1. The first kappa shape index (κ1) is 11.3. The molecule has 0 aliphatic rings. The van der Waals surface area contributed by atoms with Crippen molar-refractivity contribution in [1.82, 2.24) is 0 Å². The average Bonchev–Trinajstić information content (AvgIpc) is 2.22. The maximum absolute atomic E-state index is 11.2. The van der Waals surface area contributed by atoms with Crippen LogP contribution in [0.5, 0.6) is 0 Å². The van der Waals surface area contributed by atoms with Crippen LogP contribution in [0.4, 0.5) is 5.69 Å². The Labute approximate surface area is 87.8 Å². The van der Waals surface area contributed by atoms with Gasteiger partial charge in [0, 0.05) is 13.1 Å². The van der Waals surface area contributed by atoms with E-state index >= 15 is 0 Å². The number of hydrogen-bond acceptors (Lipinski definition) is 5. The highest BCUT2D eigenvalue weighted by atomic mass is 32.1. The van der Waals surface area contributed by atoms with Crippen molar-refractivity contribution in [3.63, 3.8) is 0 Å².